The van der Waals surface area contributed by atoms with Crippen LogP contribution in [0.3, 0.4) is 0 Å². The summed E-state index contributed by atoms with van der Waals surface area (Å²) >= 11 is 0.654. The van der Waals surface area contributed by atoms with Crippen molar-refractivity contribution >= 4 is 34.1 Å². The zero-order valence-electron chi connectivity index (χ0n) is 15.4. The molecule has 0 bridgehead atoms. The fraction of sp³-hybridized carbons (Fsp3) is 0.190. The highest BCUT2D eigenvalue weighted by atomic mass is 32.2. The third-order valence-electron chi connectivity index (χ3n) is 4.45. The molecule has 2 aliphatic heterocycles. The zero-order valence-corrected chi connectivity index (χ0v) is 16.2. The van der Waals surface area contributed by atoms with E-state index in [1.165, 1.54) is 0 Å². The highest BCUT2D eigenvalue weighted by molar-refractivity contribution is 8.27. The zero-order chi connectivity index (χ0) is 20.2. The van der Waals surface area contributed by atoms with Gasteiger partial charge in [-0.05, 0) is 42.3 Å². The summed E-state index contributed by atoms with van der Waals surface area (Å²) in [7, 11) is 0. The second-order valence-corrected chi connectivity index (χ2v) is 7.41. The summed E-state index contributed by atoms with van der Waals surface area (Å²) in [6.07, 6.45) is 2.30. The summed E-state index contributed by atoms with van der Waals surface area (Å²) in [5, 5.41) is 1.87. The third kappa shape index (κ3) is 4.43. The van der Waals surface area contributed by atoms with E-state index in [1.54, 1.807) is 35.2 Å². The molecule has 1 fully saturated rings. The smallest absolute Gasteiger partial charge is 0.291 e. The summed E-state index contributed by atoms with van der Waals surface area (Å²) in [4.78, 5) is 36.9. The van der Waals surface area contributed by atoms with Crippen molar-refractivity contribution in [2.75, 3.05) is 19.9 Å². The van der Waals surface area contributed by atoms with Crippen molar-refractivity contribution in [1.29, 1.82) is 0 Å². The van der Waals surface area contributed by atoms with Gasteiger partial charge in [0.15, 0.2) is 6.73 Å². The van der Waals surface area contributed by atoms with Gasteiger partial charge in [-0.3, -0.25) is 14.4 Å². The number of fused-ring (bicyclic) bond motifs is 1. The molecule has 1 saturated heterocycles. The fourth-order valence-electron chi connectivity index (χ4n) is 3.00. The summed E-state index contributed by atoms with van der Waals surface area (Å²) in [5.41, 5.74) is 1.65. The lowest BCUT2D eigenvalue weighted by Crippen LogP contribution is -2.39. The van der Waals surface area contributed by atoms with Crippen LogP contribution in [-0.2, 0) is 4.79 Å². The Labute approximate surface area is 171 Å². The van der Waals surface area contributed by atoms with E-state index in [1.807, 2.05) is 24.3 Å². The molecule has 0 atom stereocenters. The number of carbonyl (C=O) groups excluding carboxylic acids is 3. The van der Waals surface area contributed by atoms with E-state index in [0.717, 1.165) is 5.56 Å². The van der Waals surface area contributed by atoms with Crippen LogP contribution in [-0.4, -0.2) is 41.0 Å². The Morgan fingerprint density at radius 3 is 2.66 bits per heavy atom. The van der Waals surface area contributed by atoms with Gasteiger partial charge in [0.2, 0.25) is 5.12 Å². The Kier molecular flexibility index (Phi) is 5.53. The summed E-state index contributed by atoms with van der Waals surface area (Å²) in [6, 6.07) is 14.4. The summed E-state index contributed by atoms with van der Waals surface area (Å²) in [5.74, 6) is 1.28. The van der Waals surface area contributed by atoms with Crippen LogP contribution < -0.4 is 14.8 Å². The second-order valence-electron chi connectivity index (χ2n) is 6.47. The van der Waals surface area contributed by atoms with Gasteiger partial charge in [0, 0.05) is 18.3 Å². The lowest BCUT2D eigenvalue weighted by molar-refractivity contribution is -0.107. The van der Waals surface area contributed by atoms with E-state index >= 15 is 0 Å². The molecule has 148 valence electrons. The average molecular weight is 410 g/mol. The molecule has 29 heavy (non-hydrogen) atoms. The number of ether oxygens (including phenoxy) is 2. The minimum atomic E-state index is -0.359. The Morgan fingerprint density at radius 2 is 1.90 bits per heavy atom. The molecule has 0 spiro atoms. The van der Waals surface area contributed by atoms with Crippen molar-refractivity contribution in [3.05, 3.63) is 65.4 Å². The van der Waals surface area contributed by atoms with Gasteiger partial charge in [0.05, 0.1) is 17.9 Å². The second kappa shape index (κ2) is 8.40. The first-order valence-corrected chi connectivity index (χ1v) is 9.90. The van der Waals surface area contributed by atoms with E-state index in [0.29, 0.717) is 48.4 Å². The molecule has 0 unspecified atom stereocenters. The van der Waals surface area contributed by atoms with Gasteiger partial charge in [-0.25, -0.2) is 0 Å². The first-order chi connectivity index (χ1) is 14.1. The number of hydrogen-bond donors (Lipinski definition) is 1. The minimum Gasteiger partial charge on any atom is -0.494 e. The molecule has 0 saturated carbocycles. The number of carbonyl (C=O) groups is 3. The summed E-state index contributed by atoms with van der Waals surface area (Å²) < 4.78 is 11.3. The van der Waals surface area contributed by atoms with E-state index in [2.05, 4.69) is 5.32 Å². The third-order valence-corrected chi connectivity index (χ3v) is 5.15. The molecule has 0 radical (unpaired) electrons. The van der Waals surface area contributed by atoms with E-state index in [-0.39, 0.29) is 28.7 Å². The molecule has 0 aliphatic carbocycles. The van der Waals surface area contributed by atoms with Crippen LogP contribution in [0.4, 0.5) is 4.79 Å². The maximum Gasteiger partial charge on any atom is 0.291 e. The van der Waals surface area contributed by atoms with Gasteiger partial charge in [0.25, 0.3) is 11.1 Å². The standard InChI is InChI=1S/C21H18N2O5S/c24-19-16-4-1-2-5-18(16)28-13-23(19)10-3-11-27-15-8-6-14(7-9-15)12-17-20(25)29-21(26)22-17/h1-2,4-9,12H,3,10-11,13H2,(H,22,26). The largest absolute Gasteiger partial charge is 0.494 e. The number of thioether (sulfide) groups is 1. The molecular weight excluding hydrogens is 392 g/mol. The van der Waals surface area contributed by atoms with Crippen LogP contribution in [0.5, 0.6) is 11.5 Å². The van der Waals surface area contributed by atoms with Crippen LogP contribution >= 0.6 is 11.8 Å². The number of hydrogen-bond acceptors (Lipinski definition) is 6. The molecule has 2 amide bonds. The predicted octanol–water partition coefficient (Wildman–Crippen LogP) is 3.27. The number of benzene rings is 2. The van der Waals surface area contributed by atoms with Gasteiger partial charge in [-0.15, -0.1) is 0 Å². The average Bonchev–Trinajstić information content (AvgIpc) is 3.05. The first kappa shape index (κ1) is 19.1. The van der Waals surface area contributed by atoms with Crippen molar-refractivity contribution in [3.63, 3.8) is 0 Å². The Balaban J connectivity index is 1.25. The fourth-order valence-corrected chi connectivity index (χ4v) is 3.55. The quantitative estimate of drug-likeness (QED) is 0.581. The molecule has 1 N–H and O–H groups in total. The number of para-hydroxylation sites is 1. The number of amides is 2. The highest BCUT2D eigenvalue weighted by Gasteiger charge is 2.25. The molecular formula is C21H18N2O5S. The number of rotatable bonds is 6. The van der Waals surface area contributed by atoms with Crippen LogP contribution in [0, 0.1) is 0 Å². The molecule has 2 aromatic rings. The first-order valence-electron chi connectivity index (χ1n) is 9.09. The van der Waals surface area contributed by atoms with Crippen LogP contribution in [0.2, 0.25) is 0 Å². The lowest BCUT2D eigenvalue weighted by Gasteiger charge is -2.28. The molecule has 2 aliphatic rings. The molecule has 2 heterocycles. The highest BCUT2D eigenvalue weighted by Crippen LogP contribution is 2.24. The van der Waals surface area contributed by atoms with E-state index in [4.69, 9.17) is 9.47 Å². The monoisotopic (exact) mass is 410 g/mol. The molecule has 2 aromatic carbocycles. The van der Waals surface area contributed by atoms with E-state index in [9.17, 15) is 14.4 Å². The van der Waals surface area contributed by atoms with Gasteiger partial charge >= 0.3 is 0 Å². The maximum absolute atomic E-state index is 12.5. The van der Waals surface area contributed by atoms with Crippen LogP contribution in [0.1, 0.15) is 22.3 Å². The van der Waals surface area contributed by atoms with Crippen molar-refractivity contribution in [1.82, 2.24) is 10.2 Å². The van der Waals surface area contributed by atoms with Crippen LogP contribution in [0.15, 0.2) is 54.2 Å². The van der Waals surface area contributed by atoms with Gasteiger partial charge < -0.3 is 19.7 Å². The normalized spacial score (nSPS) is 17.2. The lowest BCUT2D eigenvalue weighted by atomic mass is 10.1. The van der Waals surface area contributed by atoms with Crippen molar-refractivity contribution in [2.45, 2.75) is 6.42 Å². The number of nitrogens with zero attached hydrogens (tertiary/aromatic N) is 1. The van der Waals surface area contributed by atoms with Crippen molar-refractivity contribution in [2.24, 2.45) is 0 Å². The molecule has 0 aromatic heterocycles. The van der Waals surface area contributed by atoms with Crippen molar-refractivity contribution in [3.8, 4) is 11.5 Å². The van der Waals surface area contributed by atoms with E-state index < -0.39 is 0 Å². The predicted molar refractivity (Wildman–Crippen MR) is 109 cm³/mol. The Morgan fingerprint density at radius 1 is 1.10 bits per heavy atom. The maximum atomic E-state index is 12.5. The Bertz CT molecular complexity index is 987. The van der Waals surface area contributed by atoms with Gasteiger partial charge in [-0.2, -0.15) is 0 Å². The SMILES string of the molecule is O=C1NC(=Cc2ccc(OCCCN3COc4ccccc4C3=O)cc2)C(=O)S1. The molecule has 8 heteroatoms. The number of nitrogens with one attached hydrogen (secondary N) is 1. The minimum absolute atomic E-state index is 0.0315. The molecule has 4 rings (SSSR count). The van der Waals surface area contributed by atoms with Crippen LogP contribution in [0.25, 0.3) is 6.08 Å². The topological polar surface area (TPSA) is 84.9 Å². The van der Waals surface area contributed by atoms with Gasteiger partial charge in [0.1, 0.15) is 11.5 Å². The summed E-state index contributed by atoms with van der Waals surface area (Å²) in [6.45, 7) is 1.24. The van der Waals surface area contributed by atoms with Crippen molar-refractivity contribution < 1.29 is 23.9 Å². The Hall–Kier alpha value is -3.26. The van der Waals surface area contributed by atoms with Gasteiger partial charge in [-0.1, -0.05) is 24.3 Å². The molecule has 7 nitrogen and oxygen atoms in total.